The van der Waals surface area contributed by atoms with Crippen LogP contribution in [-0.2, 0) is 15.6 Å². The van der Waals surface area contributed by atoms with Crippen LogP contribution in [0.3, 0.4) is 0 Å². The van der Waals surface area contributed by atoms with Crippen LogP contribution in [0.25, 0.3) is 11.0 Å². The first-order valence-electron chi connectivity index (χ1n) is 5.58. The summed E-state index contributed by atoms with van der Waals surface area (Å²) in [6, 6.07) is 5.78. The van der Waals surface area contributed by atoms with E-state index in [2.05, 4.69) is 0 Å². The number of rotatable bonds is 3. The second kappa shape index (κ2) is 4.18. The fraction of sp³-hybridized carbons (Fsp3) is 0.385. The Balaban J connectivity index is 2.47. The van der Waals surface area contributed by atoms with Crippen LogP contribution in [0.4, 0.5) is 0 Å². The zero-order valence-electron chi connectivity index (χ0n) is 10.2. The Morgan fingerprint density at radius 1 is 1.29 bits per heavy atom. The Kier molecular flexibility index (Phi) is 3.00. The molecule has 92 valence electrons. The summed E-state index contributed by atoms with van der Waals surface area (Å²) < 4.78 is 29.1. The molecule has 0 spiro atoms. The van der Waals surface area contributed by atoms with Gasteiger partial charge in [0.05, 0.1) is 17.3 Å². The summed E-state index contributed by atoms with van der Waals surface area (Å²) in [5, 5.41) is 0.534. The van der Waals surface area contributed by atoms with E-state index in [1.807, 2.05) is 25.1 Å². The van der Waals surface area contributed by atoms with Crippen LogP contribution >= 0.6 is 0 Å². The third-order valence-corrected chi connectivity index (χ3v) is 5.03. The maximum absolute atomic E-state index is 11.9. The molecule has 0 aliphatic rings. The van der Waals surface area contributed by atoms with Gasteiger partial charge in [-0.25, -0.2) is 8.42 Å². The SMILES string of the molecule is Cc1ccc2occ(CS(=O)(=O)C(C)C)c2c1. The average molecular weight is 252 g/mol. The Morgan fingerprint density at radius 3 is 2.65 bits per heavy atom. The molecule has 0 saturated carbocycles. The van der Waals surface area contributed by atoms with Gasteiger partial charge in [0.25, 0.3) is 0 Å². The molecule has 0 N–H and O–H groups in total. The van der Waals surface area contributed by atoms with E-state index in [4.69, 9.17) is 4.42 Å². The second-order valence-electron chi connectivity index (χ2n) is 4.62. The number of hydrogen-bond donors (Lipinski definition) is 0. The molecular formula is C13H16O3S. The van der Waals surface area contributed by atoms with Crippen LogP contribution in [-0.4, -0.2) is 13.7 Å². The van der Waals surface area contributed by atoms with E-state index < -0.39 is 9.84 Å². The van der Waals surface area contributed by atoms with Gasteiger partial charge in [0.15, 0.2) is 9.84 Å². The zero-order valence-corrected chi connectivity index (χ0v) is 11.0. The van der Waals surface area contributed by atoms with Crippen LogP contribution in [0.15, 0.2) is 28.9 Å². The predicted octanol–water partition coefficient (Wildman–Crippen LogP) is 3.06. The van der Waals surface area contributed by atoms with Gasteiger partial charge in [-0.05, 0) is 32.9 Å². The summed E-state index contributed by atoms with van der Waals surface area (Å²) in [6.45, 7) is 5.37. The molecule has 0 atom stereocenters. The lowest BCUT2D eigenvalue weighted by Gasteiger charge is -2.06. The molecule has 2 rings (SSSR count). The fourth-order valence-corrected chi connectivity index (χ4v) is 2.68. The Bertz CT molecular complexity index is 636. The lowest BCUT2D eigenvalue weighted by molar-refractivity contribution is 0.584. The molecule has 0 amide bonds. The molecule has 0 fully saturated rings. The zero-order chi connectivity index (χ0) is 12.6. The minimum absolute atomic E-state index is 0.0428. The van der Waals surface area contributed by atoms with E-state index in [-0.39, 0.29) is 11.0 Å². The van der Waals surface area contributed by atoms with Crippen molar-refractivity contribution in [3.63, 3.8) is 0 Å². The van der Waals surface area contributed by atoms with Crippen molar-refractivity contribution in [1.29, 1.82) is 0 Å². The highest BCUT2D eigenvalue weighted by Gasteiger charge is 2.19. The number of benzene rings is 1. The van der Waals surface area contributed by atoms with Gasteiger partial charge in [0.1, 0.15) is 5.58 Å². The summed E-state index contributed by atoms with van der Waals surface area (Å²) in [6.07, 6.45) is 1.55. The first-order valence-corrected chi connectivity index (χ1v) is 7.30. The standard InChI is InChI=1S/C13H16O3S/c1-9(2)17(14,15)8-11-7-16-13-5-4-10(3)6-12(11)13/h4-7,9H,8H2,1-3H3. The highest BCUT2D eigenvalue weighted by molar-refractivity contribution is 7.91. The molecule has 0 unspecified atom stereocenters. The average Bonchev–Trinajstić information content (AvgIpc) is 2.60. The summed E-state index contributed by atoms with van der Waals surface area (Å²) in [7, 11) is -3.09. The largest absolute Gasteiger partial charge is 0.464 e. The molecule has 0 aliphatic carbocycles. The third-order valence-electron chi connectivity index (χ3n) is 2.88. The van der Waals surface area contributed by atoms with Gasteiger partial charge in [-0.1, -0.05) is 11.6 Å². The van der Waals surface area contributed by atoms with Gasteiger partial charge in [0, 0.05) is 10.9 Å². The molecule has 0 radical (unpaired) electrons. The van der Waals surface area contributed by atoms with E-state index >= 15 is 0 Å². The smallest absolute Gasteiger partial charge is 0.156 e. The summed E-state index contributed by atoms with van der Waals surface area (Å²) in [5.74, 6) is 0.0428. The molecule has 0 aliphatic heterocycles. The lowest BCUT2D eigenvalue weighted by atomic mass is 10.1. The van der Waals surface area contributed by atoms with E-state index in [0.29, 0.717) is 0 Å². The number of fused-ring (bicyclic) bond motifs is 1. The van der Waals surface area contributed by atoms with Gasteiger partial charge in [0.2, 0.25) is 0 Å². The van der Waals surface area contributed by atoms with E-state index in [1.165, 1.54) is 0 Å². The second-order valence-corrected chi connectivity index (χ2v) is 7.17. The molecular weight excluding hydrogens is 236 g/mol. The van der Waals surface area contributed by atoms with Crippen LogP contribution in [0.5, 0.6) is 0 Å². The molecule has 0 bridgehead atoms. The number of furan rings is 1. The van der Waals surface area contributed by atoms with Gasteiger partial charge in [-0.2, -0.15) is 0 Å². The van der Waals surface area contributed by atoms with Crippen molar-refractivity contribution in [3.8, 4) is 0 Å². The monoisotopic (exact) mass is 252 g/mol. The van der Waals surface area contributed by atoms with Crippen LogP contribution in [0.1, 0.15) is 25.0 Å². The lowest BCUT2D eigenvalue weighted by Crippen LogP contribution is -2.15. The van der Waals surface area contributed by atoms with Crippen LogP contribution in [0.2, 0.25) is 0 Å². The van der Waals surface area contributed by atoms with Crippen LogP contribution < -0.4 is 0 Å². The highest BCUT2D eigenvalue weighted by atomic mass is 32.2. The van der Waals surface area contributed by atoms with Crippen molar-refractivity contribution in [2.45, 2.75) is 31.8 Å². The van der Waals surface area contributed by atoms with Crippen LogP contribution in [0, 0.1) is 6.92 Å². The number of sulfone groups is 1. The predicted molar refractivity (Wildman–Crippen MR) is 68.7 cm³/mol. The highest BCUT2D eigenvalue weighted by Crippen LogP contribution is 2.25. The normalized spacial score (nSPS) is 12.5. The van der Waals surface area contributed by atoms with Gasteiger partial charge in [-0.15, -0.1) is 0 Å². The third kappa shape index (κ3) is 2.36. The molecule has 1 aromatic carbocycles. The maximum atomic E-state index is 11.9. The van der Waals surface area contributed by atoms with Crippen molar-refractivity contribution in [1.82, 2.24) is 0 Å². The fourth-order valence-electron chi connectivity index (χ4n) is 1.69. The van der Waals surface area contributed by atoms with Crippen molar-refractivity contribution >= 4 is 20.8 Å². The molecule has 1 heterocycles. The summed E-state index contributed by atoms with van der Waals surface area (Å²) in [4.78, 5) is 0. The first kappa shape index (κ1) is 12.2. The van der Waals surface area contributed by atoms with E-state index in [1.54, 1.807) is 20.1 Å². The Labute approximate surface area is 101 Å². The molecule has 2 aromatic rings. The molecule has 17 heavy (non-hydrogen) atoms. The minimum Gasteiger partial charge on any atom is -0.464 e. The van der Waals surface area contributed by atoms with E-state index in [0.717, 1.165) is 22.1 Å². The maximum Gasteiger partial charge on any atom is 0.156 e. The number of aryl methyl sites for hydroxylation is 1. The molecule has 3 nitrogen and oxygen atoms in total. The topological polar surface area (TPSA) is 47.3 Å². The van der Waals surface area contributed by atoms with Gasteiger partial charge < -0.3 is 4.42 Å². The summed E-state index contributed by atoms with van der Waals surface area (Å²) in [5.41, 5.74) is 2.59. The van der Waals surface area contributed by atoms with E-state index in [9.17, 15) is 8.42 Å². The first-order chi connectivity index (χ1) is 7.90. The minimum atomic E-state index is -3.09. The van der Waals surface area contributed by atoms with Gasteiger partial charge in [-0.3, -0.25) is 0 Å². The van der Waals surface area contributed by atoms with Crippen molar-refractivity contribution < 1.29 is 12.8 Å². The van der Waals surface area contributed by atoms with Gasteiger partial charge >= 0.3 is 0 Å². The Hall–Kier alpha value is -1.29. The quantitative estimate of drug-likeness (QED) is 0.843. The molecule has 4 heteroatoms. The number of hydrogen-bond acceptors (Lipinski definition) is 3. The summed E-state index contributed by atoms with van der Waals surface area (Å²) >= 11 is 0. The Morgan fingerprint density at radius 2 is 2.00 bits per heavy atom. The molecule has 1 aromatic heterocycles. The van der Waals surface area contributed by atoms with Crippen molar-refractivity contribution in [2.24, 2.45) is 0 Å². The van der Waals surface area contributed by atoms with Crippen molar-refractivity contribution in [3.05, 3.63) is 35.6 Å². The van der Waals surface area contributed by atoms with Crippen molar-refractivity contribution in [2.75, 3.05) is 0 Å². The molecule has 0 saturated heterocycles.